The Morgan fingerprint density at radius 2 is 1.74 bits per heavy atom. The maximum absolute atomic E-state index is 16.2. The van der Waals surface area contributed by atoms with E-state index in [0.717, 1.165) is 17.8 Å². The third-order valence-electron chi connectivity index (χ3n) is 8.29. The minimum absolute atomic E-state index is 0.120. The second-order valence-electron chi connectivity index (χ2n) is 11.6. The van der Waals surface area contributed by atoms with Crippen molar-refractivity contribution in [2.45, 2.75) is 57.0 Å². The highest BCUT2D eigenvalue weighted by Crippen LogP contribution is 2.46. The van der Waals surface area contributed by atoms with Crippen LogP contribution in [0.1, 0.15) is 70.6 Å². The lowest BCUT2D eigenvalue weighted by Crippen LogP contribution is -2.41. The molecule has 12 heteroatoms. The van der Waals surface area contributed by atoms with Gasteiger partial charge in [0.1, 0.15) is 30.0 Å². The van der Waals surface area contributed by atoms with Crippen LogP contribution in [0.25, 0.3) is 11.1 Å². The van der Waals surface area contributed by atoms with Gasteiger partial charge in [0, 0.05) is 29.0 Å². The quantitative estimate of drug-likeness (QED) is 0.240. The highest BCUT2D eigenvalue weighted by atomic mass is 19.4. The van der Waals surface area contributed by atoms with Crippen LogP contribution in [0.15, 0.2) is 71.7 Å². The number of hydrogen-bond acceptors (Lipinski definition) is 4. The summed E-state index contributed by atoms with van der Waals surface area (Å²) in [6, 6.07) is 9.59. The molecule has 0 saturated heterocycles. The zero-order chi connectivity index (χ0) is 32.9. The molecule has 238 valence electrons. The number of pyridine rings is 1. The summed E-state index contributed by atoms with van der Waals surface area (Å²) in [6.45, 7) is 1.72. The van der Waals surface area contributed by atoms with Gasteiger partial charge in [0.2, 0.25) is 5.91 Å². The number of rotatable bonds is 4. The molecule has 1 saturated carbocycles. The zero-order valence-electron chi connectivity index (χ0n) is 24.3. The molecule has 0 unspecified atom stereocenters. The molecular weight excluding hydrogens is 611 g/mol. The molecule has 1 amide bonds. The van der Waals surface area contributed by atoms with Crippen LogP contribution in [0.5, 0.6) is 5.75 Å². The Morgan fingerprint density at radius 3 is 2.41 bits per heavy atom. The molecule has 2 aliphatic rings. The zero-order valence-corrected chi connectivity index (χ0v) is 24.3. The molecule has 2 heterocycles. The van der Waals surface area contributed by atoms with Gasteiger partial charge in [0.05, 0.1) is 18.0 Å². The maximum atomic E-state index is 16.2. The second-order valence-corrected chi connectivity index (χ2v) is 11.6. The number of fused-ring (bicyclic) bond motifs is 6. The van der Waals surface area contributed by atoms with E-state index >= 15 is 8.78 Å². The first-order valence-corrected chi connectivity index (χ1v) is 14.5. The predicted molar refractivity (Wildman–Crippen MR) is 156 cm³/mol. The number of aliphatic carboxylic acids is 1. The number of alkyl halides is 3. The third kappa shape index (κ3) is 5.99. The summed E-state index contributed by atoms with van der Waals surface area (Å²) in [6.07, 6.45) is -3.52. The van der Waals surface area contributed by atoms with Gasteiger partial charge in [-0.1, -0.05) is 18.2 Å². The van der Waals surface area contributed by atoms with E-state index in [1.807, 2.05) is 13.0 Å². The maximum Gasteiger partial charge on any atom is 0.416 e. The molecule has 0 radical (unpaired) electrons. The van der Waals surface area contributed by atoms with Crippen molar-refractivity contribution in [2.24, 2.45) is 0 Å². The molecule has 1 fully saturated rings. The number of nitrogens with zero attached hydrogens (tertiary/aromatic N) is 1. The topological polar surface area (TPSA) is 97.6 Å². The van der Waals surface area contributed by atoms with E-state index in [0.29, 0.717) is 51.5 Å². The van der Waals surface area contributed by atoms with E-state index in [1.54, 1.807) is 18.2 Å². The molecule has 7 nitrogen and oxygen atoms in total. The van der Waals surface area contributed by atoms with E-state index in [4.69, 9.17) is 4.74 Å². The van der Waals surface area contributed by atoms with Crippen molar-refractivity contribution in [2.75, 3.05) is 0 Å². The Morgan fingerprint density at radius 1 is 1.00 bits per heavy atom. The fourth-order valence-corrected chi connectivity index (χ4v) is 5.90. The standard InChI is InChI=1S/C34H27F5N2O5/c1-17-3-2-4-27-30(17)20-12-22(19-6-7-19)31(36)24(13-20)26(15-29(43)44)40-33(45)32(23-11-18(16-46-27)5-8-25(23)35)41-10-9-21(14-28(41)42)34(37,38)39/h2-5,8-14,19,26,32H,6-7,15-16H2,1H3,(H,40,45)(H,43,44)/t26-,32+/m0/s1. The molecule has 2 atom stereocenters. The first-order chi connectivity index (χ1) is 21.8. The number of amides is 1. The van der Waals surface area contributed by atoms with Gasteiger partial charge in [0.25, 0.3) is 5.56 Å². The third-order valence-corrected chi connectivity index (χ3v) is 8.29. The van der Waals surface area contributed by atoms with Crippen molar-refractivity contribution in [3.05, 3.63) is 122 Å². The Bertz CT molecular complexity index is 1930. The molecule has 46 heavy (non-hydrogen) atoms. The molecule has 4 bridgehead atoms. The lowest BCUT2D eigenvalue weighted by Gasteiger charge is -2.27. The van der Waals surface area contributed by atoms with Crippen molar-refractivity contribution < 1.29 is 41.4 Å². The second kappa shape index (κ2) is 11.7. The van der Waals surface area contributed by atoms with E-state index in [2.05, 4.69) is 5.32 Å². The minimum atomic E-state index is -4.87. The normalized spacial score (nSPS) is 18.2. The molecule has 1 aliphatic carbocycles. The summed E-state index contributed by atoms with van der Waals surface area (Å²) < 4.78 is 78.6. The molecule has 4 aromatic rings. The number of benzene rings is 3. The molecule has 2 N–H and O–H groups in total. The van der Waals surface area contributed by atoms with Crippen LogP contribution >= 0.6 is 0 Å². The number of ether oxygens (including phenoxy) is 1. The van der Waals surface area contributed by atoms with Crippen LogP contribution < -0.4 is 15.6 Å². The van der Waals surface area contributed by atoms with E-state index in [1.165, 1.54) is 18.2 Å². The van der Waals surface area contributed by atoms with Gasteiger partial charge in [0.15, 0.2) is 0 Å². The Labute approximate surface area is 259 Å². The van der Waals surface area contributed by atoms with Crippen LogP contribution in [-0.2, 0) is 22.4 Å². The van der Waals surface area contributed by atoms with Gasteiger partial charge in [-0.2, -0.15) is 13.2 Å². The van der Waals surface area contributed by atoms with Crippen molar-refractivity contribution in [1.82, 2.24) is 9.88 Å². The molecule has 0 spiro atoms. The monoisotopic (exact) mass is 638 g/mol. The number of carbonyl (C=O) groups excluding carboxylic acids is 1. The highest BCUT2D eigenvalue weighted by molar-refractivity contribution is 5.85. The number of aromatic nitrogens is 1. The van der Waals surface area contributed by atoms with Crippen LogP contribution in [0.4, 0.5) is 22.0 Å². The molecule has 1 aromatic heterocycles. The highest BCUT2D eigenvalue weighted by Gasteiger charge is 2.36. The van der Waals surface area contributed by atoms with Crippen molar-refractivity contribution in [3.8, 4) is 16.9 Å². The van der Waals surface area contributed by atoms with Gasteiger partial charge in [-0.15, -0.1) is 0 Å². The SMILES string of the molecule is Cc1cccc2c1-c1cc(C3CC3)c(F)c(c1)[C@H](CC(=O)O)NC(=O)[C@H](n1ccc(C(F)(F)F)cc1=O)c1cc(ccc1F)CO2. The van der Waals surface area contributed by atoms with Gasteiger partial charge in [-0.05, 0) is 84.3 Å². The van der Waals surface area contributed by atoms with Gasteiger partial charge in [-0.3, -0.25) is 19.0 Å². The molecule has 3 aromatic carbocycles. The van der Waals surface area contributed by atoms with Crippen LogP contribution in [0.3, 0.4) is 0 Å². The minimum Gasteiger partial charge on any atom is -0.488 e. The number of carboxylic acid groups (broad SMARTS) is 1. The van der Waals surface area contributed by atoms with Gasteiger partial charge in [-0.25, -0.2) is 8.78 Å². The number of carboxylic acids is 1. The summed E-state index contributed by atoms with van der Waals surface area (Å²) in [5.74, 6) is -3.90. The van der Waals surface area contributed by atoms with Gasteiger partial charge < -0.3 is 15.2 Å². The van der Waals surface area contributed by atoms with E-state index in [-0.39, 0.29) is 29.7 Å². The van der Waals surface area contributed by atoms with E-state index < -0.39 is 59.3 Å². The summed E-state index contributed by atoms with van der Waals surface area (Å²) in [4.78, 5) is 39.2. The smallest absolute Gasteiger partial charge is 0.416 e. The Kier molecular flexibility index (Phi) is 7.91. The lowest BCUT2D eigenvalue weighted by atomic mass is 9.90. The Hall–Kier alpha value is -5.00. The fraction of sp³-hybridized carbons (Fsp3) is 0.265. The number of aryl methyl sites for hydroxylation is 1. The Balaban J connectivity index is 1.60. The summed E-state index contributed by atoms with van der Waals surface area (Å²) in [5.41, 5.74) is -0.419. The predicted octanol–water partition coefficient (Wildman–Crippen LogP) is 6.81. The summed E-state index contributed by atoms with van der Waals surface area (Å²) in [7, 11) is 0. The van der Waals surface area contributed by atoms with Crippen LogP contribution in [0, 0.1) is 18.6 Å². The van der Waals surface area contributed by atoms with Crippen molar-refractivity contribution in [3.63, 3.8) is 0 Å². The first kappa shape index (κ1) is 31.0. The van der Waals surface area contributed by atoms with Crippen LogP contribution in [-0.4, -0.2) is 21.6 Å². The van der Waals surface area contributed by atoms with Gasteiger partial charge >= 0.3 is 12.1 Å². The summed E-state index contributed by atoms with van der Waals surface area (Å²) in [5, 5.41) is 12.3. The average molecular weight is 639 g/mol. The first-order valence-electron chi connectivity index (χ1n) is 14.5. The van der Waals surface area contributed by atoms with Crippen LogP contribution in [0.2, 0.25) is 0 Å². The van der Waals surface area contributed by atoms with E-state index in [9.17, 15) is 32.7 Å². The molecular formula is C34H27F5N2O5. The number of hydrogen-bond donors (Lipinski definition) is 2. The largest absolute Gasteiger partial charge is 0.488 e. The fourth-order valence-electron chi connectivity index (χ4n) is 5.90. The number of halogens is 5. The lowest BCUT2D eigenvalue weighted by molar-refractivity contribution is -0.138. The van der Waals surface area contributed by atoms with Crippen molar-refractivity contribution >= 4 is 11.9 Å². The molecule has 6 rings (SSSR count). The average Bonchev–Trinajstić information content (AvgIpc) is 3.83. The summed E-state index contributed by atoms with van der Waals surface area (Å²) >= 11 is 0. The number of nitrogens with one attached hydrogen (secondary N) is 1. The number of carbonyl (C=O) groups is 2. The molecule has 1 aliphatic heterocycles. The van der Waals surface area contributed by atoms with Crippen molar-refractivity contribution in [1.29, 1.82) is 0 Å².